The monoisotopic (exact) mass is 463 g/mol. The van der Waals surface area contributed by atoms with Gasteiger partial charge in [0.2, 0.25) is 0 Å². The molecule has 0 saturated carbocycles. The number of likely N-dealkylation sites (N-methyl/N-ethyl adjacent to an activating group) is 1. The number of fused-ring (bicyclic) bond motifs is 1. The summed E-state index contributed by atoms with van der Waals surface area (Å²) in [5.74, 6) is 0.0956. The number of alkyl halides is 3. The van der Waals surface area contributed by atoms with Gasteiger partial charge in [-0.15, -0.1) is 10.2 Å². The van der Waals surface area contributed by atoms with Crippen LogP contribution < -0.4 is 5.32 Å². The molecule has 1 aromatic carbocycles. The van der Waals surface area contributed by atoms with E-state index >= 15 is 0 Å². The Morgan fingerprint density at radius 3 is 2.64 bits per heavy atom. The van der Waals surface area contributed by atoms with E-state index in [9.17, 15) is 18.3 Å². The first-order valence-corrected chi connectivity index (χ1v) is 10.3. The highest BCUT2D eigenvalue weighted by atomic mass is 19.4. The lowest BCUT2D eigenvalue weighted by Crippen LogP contribution is -2.33. The van der Waals surface area contributed by atoms with Gasteiger partial charge >= 0.3 is 6.18 Å². The summed E-state index contributed by atoms with van der Waals surface area (Å²) >= 11 is 0. The number of halogens is 3. The van der Waals surface area contributed by atoms with E-state index in [1.807, 2.05) is 0 Å². The SMILES string of the molecule is CN1CCCCC(Nc2nnc(-c3ccc(C(F)(F)F)cc3O)c3cnccc23)C1.O=CO. The summed E-state index contributed by atoms with van der Waals surface area (Å²) in [5, 5.41) is 30.5. The number of hydrogen-bond donors (Lipinski definition) is 3. The predicted octanol–water partition coefficient (Wildman–Crippen LogP) is 4.01. The van der Waals surface area contributed by atoms with E-state index in [0.29, 0.717) is 17.3 Å². The maximum atomic E-state index is 12.9. The van der Waals surface area contributed by atoms with Crippen molar-refractivity contribution < 1.29 is 28.2 Å². The Bertz CT molecular complexity index is 1110. The summed E-state index contributed by atoms with van der Waals surface area (Å²) in [6.45, 7) is 1.69. The number of carboxylic acid groups (broad SMARTS) is 1. The maximum absolute atomic E-state index is 12.9. The molecule has 1 aliphatic heterocycles. The molecule has 1 atom stereocenters. The van der Waals surface area contributed by atoms with Crippen LogP contribution in [-0.2, 0) is 11.0 Å². The number of anilines is 1. The molecule has 8 nitrogen and oxygen atoms in total. The number of aromatic hydroxyl groups is 1. The molecule has 3 heterocycles. The topological polar surface area (TPSA) is 111 Å². The molecule has 0 amide bonds. The second-order valence-electron chi connectivity index (χ2n) is 7.75. The number of hydrogen-bond acceptors (Lipinski definition) is 7. The van der Waals surface area contributed by atoms with Crippen molar-refractivity contribution in [1.82, 2.24) is 20.1 Å². The van der Waals surface area contributed by atoms with Crippen LogP contribution in [0, 0.1) is 0 Å². The van der Waals surface area contributed by atoms with Crippen LogP contribution in [0.15, 0.2) is 36.7 Å². The fourth-order valence-corrected chi connectivity index (χ4v) is 3.85. The minimum absolute atomic E-state index is 0.175. The molecule has 3 aromatic rings. The van der Waals surface area contributed by atoms with Gasteiger partial charge < -0.3 is 20.4 Å². The molecule has 1 aliphatic rings. The predicted molar refractivity (Wildman–Crippen MR) is 117 cm³/mol. The van der Waals surface area contributed by atoms with E-state index in [0.717, 1.165) is 43.8 Å². The van der Waals surface area contributed by atoms with E-state index in [-0.39, 0.29) is 23.8 Å². The van der Waals surface area contributed by atoms with Gasteiger partial charge in [0.05, 0.1) is 5.56 Å². The van der Waals surface area contributed by atoms with Crippen LogP contribution in [0.3, 0.4) is 0 Å². The standard InChI is InChI=1S/C21H22F3N5O.CH2O2/c1-29-9-3-2-4-14(12-29)26-20-15-7-8-25-11-17(15)19(27-28-20)16-6-5-13(10-18(16)30)21(22,23)24;2-1-3/h5-8,10-11,14,30H,2-4,9,12H2,1H3,(H,26,28);1H,(H,2,3). The third kappa shape index (κ3) is 5.86. The van der Waals surface area contributed by atoms with Gasteiger partial charge in [-0.3, -0.25) is 9.78 Å². The Labute approximate surface area is 188 Å². The van der Waals surface area contributed by atoms with Crippen molar-refractivity contribution in [2.75, 3.05) is 25.5 Å². The zero-order valence-corrected chi connectivity index (χ0v) is 17.9. The van der Waals surface area contributed by atoms with Crippen LogP contribution in [0.2, 0.25) is 0 Å². The van der Waals surface area contributed by atoms with Crippen molar-refractivity contribution in [3.8, 4) is 17.0 Å². The highest BCUT2D eigenvalue weighted by Gasteiger charge is 2.31. The molecule has 4 rings (SSSR count). The quantitative estimate of drug-likeness (QED) is 0.500. The number of aromatic nitrogens is 3. The van der Waals surface area contributed by atoms with Crippen LogP contribution in [0.4, 0.5) is 19.0 Å². The molecule has 0 radical (unpaired) electrons. The van der Waals surface area contributed by atoms with Crippen LogP contribution >= 0.6 is 0 Å². The number of pyridine rings is 1. The fourth-order valence-electron chi connectivity index (χ4n) is 3.85. The molecule has 1 saturated heterocycles. The lowest BCUT2D eigenvalue weighted by Gasteiger charge is -2.22. The molecule has 11 heteroatoms. The summed E-state index contributed by atoms with van der Waals surface area (Å²) in [4.78, 5) is 14.8. The summed E-state index contributed by atoms with van der Waals surface area (Å²) in [5.41, 5.74) is -0.461. The number of carbonyl (C=O) groups is 1. The average molecular weight is 463 g/mol. The number of phenolic OH excluding ortho intramolecular Hbond substituents is 1. The Balaban J connectivity index is 0.000000968. The van der Waals surface area contributed by atoms with Crippen molar-refractivity contribution in [2.45, 2.75) is 31.5 Å². The second kappa shape index (κ2) is 10.4. The highest BCUT2D eigenvalue weighted by Crippen LogP contribution is 2.38. The normalized spacial score (nSPS) is 17.0. The highest BCUT2D eigenvalue weighted by molar-refractivity contribution is 6.00. The van der Waals surface area contributed by atoms with Gasteiger partial charge in [-0.05, 0) is 50.7 Å². The largest absolute Gasteiger partial charge is 0.507 e. The van der Waals surface area contributed by atoms with Gasteiger partial charge in [0.1, 0.15) is 11.4 Å². The summed E-state index contributed by atoms with van der Waals surface area (Å²) < 4.78 is 38.8. The van der Waals surface area contributed by atoms with Gasteiger partial charge in [-0.25, -0.2) is 0 Å². The first-order chi connectivity index (χ1) is 15.7. The Morgan fingerprint density at radius 1 is 1.18 bits per heavy atom. The van der Waals surface area contributed by atoms with E-state index < -0.39 is 17.5 Å². The van der Waals surface area contributed by atoms with E-state index in [1.165, 1.54) is 6.07 Å². The molecule has 2 aromatic heterocycles. The molecule has 1 fully saturated rings. The van der Waals surface area contributed by atoms with Crippen molar-refractivity contribution >= 4 is 23.1 Å². The van der Waals surface area contributed by atoms with Crippen molar-refractivity contribution in [2.24, 2.45) is 0 Å². The molecule has 33 heavy (non-hydrogen) atoms. The summed E-state index contributed by atoms with van der Waals surface area (Å²) in [7, 11) is 2.09. The zero-order chi connectivity index (χ0) is 24.0. The molecule has 0 aliphatic carbocycles. The number of benzene rings is 1. The number of nitrogens with one attached hydrogen (secondary N) is 1. The Kier molecular flexibility index (Phi) is 7.64. The first-order valence-electron chi connectivity index (χ1n) is 10.3. The second-order valence-corrected chi connectivity index (χ2v) is 7.75. The molecule has 0 spiro atoms. The minimum Gasteiger partial charge on any atom is -0.507 e. The number of nitrogens with zero attached hydrogens (tertiary/aromatic N) is 4. The van der Waals surface area contributed by atoms with Crippen LogP contribution in [0.25, 0.3) is 22.0 Å². The van der Waals surface area contributed by atoms with Gasteiger partial charge in [-0.1, -0.05) is 6.42 Å². The Hall–Kier alpha value is -3.47. The lowest BCUT2D eigenvalue weighted by molar-refractivity contribution is -0.137. The van der Waals surface area contributed by atoms with E-state index in [4.69, 9.17) is 9.90 Å². The third-order valence-electron chi connectivity index (χ3n) is 5.38. The van der Waals surface area contributed by atoms with Crippen molar-refractivity contribution in [3.63, 3.8) is 0 Å². The first kappa shape index (κ1) is 24.2. The molecular weight excluding hydrogens is 439 g/mol. The zero-order valence-electron chi connectivity index (χ0n) is 17.9. The van der Waals surface area contributed by atoms with E-state index in [1.54, 1.807) is 18.5 Å². The Morgan fingerprint density at radius 2 is 1.94 bits per heavy atom. The molecule has 176 valence electrons. The van der Waals surface area contributed by atoms with Crippen LogP contribution in [0.1, 0.15) is 24.8 Å². The number of likely N-dealkylation sites (tertiary alicyclic amines) is 1. The third-order valence-corrected chi connectivity index (χ3v) is 5.38. The molecular formula is C22H24F3N5O3. The summed E-state index contributed by atoms with van der Waals surface area (Å²) in [6.07, 6.45) is 1.96. The van der Waals surface area contributed by atoms with Crippen molar-refractivity contribution in [1.29, 1.82) is 0 Å². The van der Waals surface area contributed by atoms with Gasteiger partial charge in [0.15, 0.2) is 5.82 Å². The number of phenols is 1. The van der Waals surface area contributed by atoms with Gasteiger partial charge in [0.25, 0.3) is 6.47 Å². The molecule has 0 bridgehead atoms. The number of rotatable bonds is 3. The summed E-state index contributed by atoms with van der Waals surface area (Å²) in [6, 6.07) is 4.84. The van der Waals surface area contributed by atoms with Crippen LogP contribution in [-0.4, -0.2) is 62.9 Å². The molecule has 3 N–H and O–H groups in total. The smallest absolute Gasteiger partial charge is 0.416 e. The maximum Gasteiger partial charge on any atom is 0.416 e. The average Bonchev–Trinajstić information content (AvgIpc) is 2.98. The van der Waals surface area contributed by atoms with Crippen LogP contribution in [0.5, 0.6) is 5.75 Å². The molecule has 1 unspecified atom stereocenters. The minimum atomic E-state index is -4.54. The van der Waals surface area contributed by atoms with Gasteiger partial charge in [-0.2, -0.15) is 13.2 Å². The van der Waals surface area contributed by atoms with Gasteiger partial charge in [0, 0.05) is 41.3 Å². The van der Waals surface area contributed by atoms with E-state index in [2.05, 4.69) is 32.4 Å². The fraction of sp³-hybridized carbons (Fsp3) is 0.364. The lowest BCUT2D eigenvalue weighted by atomic mass is 10.0. The van der Waals surface area contributed by atoms with Crippen molar-refractivity contribution in [3.05, 3.63) is 42.2 Å².